The maximum atomic E-state index is 16.4. The second kappa shape index (κ2) is 32.3. The van der Waals surface area contributed by atoms with Gasteiger partial charge in [0.15, 0.2) is 72.0 Å². The number of aliphatic hydroxyl groups excluding tert-OH is 7. The molecular weight excluding hydrogens is 1570 g/mol. The van der Waals surface area contributed by atoms with Crippen molar-refractivity contribution in [3.05, 3.63) is 50.8 Å². The third-order valence-electron chi connectivity index (χ3n) is 27.5. The summed E-state index contributed by atoms with van der Waals surface area (Å²) in [5, 5.41) is 184. The van der Waals surface area contributed by atoms with E-state index < -0.39 is 339 Å². The Kier molecular flexibility index (Phi) is 23.8. The number of carbonyl (C=O) groups excluding carboxylic acids is 5. The van der Waals surface area contributed by atoms with Crippen molar-refractivity contribution in [2.45, 2.75) is 346 Å². The van der Waals surface area contributed by atoms with Crippen LogP contribution in [0.5, 0.6) is 34.5 Å². The zero-order valence-corrected chi connectivity index (χ0v) is 68.1. The average Bonchev–Trinajstić information content (AvgIpc) is 1.50. The summed E-state index contributed by atoms with van der Waals surface area (Å²) in [6.45, 7) is 14.1. The molecule has 0 spiro atoms. The number of ketones is 5. The minimum absolute atomic E-state index is 0.00463. The van der Waals surface area contributed by atoms with E-state index in [1.54, 1.807) is 41.5 Å². The fraction of sp³-hybridized carbons (Fsp3) is 0.723. The summed E-state index contributed by atoms with van der Waals surface area (Å²) >= 11 is 0. The van der Waals surface area contributed by atoms with Crippen LogP contribution in [0.3, 0.4) is 0 Å². The van der Waals surface area contributed by atoms with Crippen LogP contribution in [-0.4, -0.2) is 309 Å². The molecule has 3 aromatic carbocycles. The summed E-state index contributed by atoms with van der Waals surface area (Å²) in [7, 11) is 3.11. The van der Waals surface area contributed by atoms with E-state index in [-0.39, 0.29) is 68.7 Å². The van der Waals surface area contributed by atoms with Gasteiger partial charge in [-0.15, -0.1) is 0 Å². The molecule has 0 amide bonds. The average molecular weight is 1680 g/mol. The molecule has 7 saturated heterocycles. The van der Waals surface area contributed by atoms with Crippen LogP contribution in [0.25, 0.3) is 16.3 Å². The van der Waals surface area contributed by atoms with E-state index in [1.807, 2.05) is 0 Å². The van der Waals surface area contributed by atoms with Gasteiger partial charge in [-0.1, -0.05) is 26.7 Å². The largest absolute Gasteiger partial charge is 0.507 e. The molecule has 0 unspecified atom stereocenters. The summed E-state index contributed by atoms with van der Waals surface area (Å²) in [4.78, 5) is 77.0. The molecule has 4 bridgehead atoms. The Labute approximate surface area is 683 Å². The highest BCUT2D eigenvalue weighted by Gasteiger charge is 2.82. The van der Waals surface area contributed by atoms with Gasteiger partial charge in [0.25, 0.3) is 0 Å². The van der Waals surface area contributed by atoms with Crippen LogP contribution in [0.1, 0.15) is 216 Å². The fourth-order valence-electron chi connectivity index (χ4n) is 21.2. The van der Waals surface area contributed by atoms with Gasteiger partial charge < -0.3 is 152 Å². The van der Waals surface area contributed by atoms with Crippen LogP contribution in [0.15, 0.2) is 11.8 Å². The number of methoxy groups -OCH3 is 3. The Morgan fingerprint density at radius 1 is 0.496 bits per heavy atom. The van der Waals surface area contributed by atoms with E-state index in [4.69, 9.17) is 75.8 Å². The summed E-state index contributed by atoms with van der Waals surface area (Å²) < 4.78 is 101. The first kappa shape index (κ1) is 87.5. The summed E-state index contributed by atoms with van der Waals surface area (Å²) in [6.07, 6.45) is -33.8. The third-order valence-corrected chi connectivity index (χ3v) is 27.5. The Morgan fingerprint density at radius 3 is 1.55 bits per heavy atom. The molecule has 2 saturated carbocycles. The topological polar surface area (TPSA) is 536 Å². The first-order chi connectivity index (χ1) is 56.3. The van der Waals surface area contributed by atoms with Crippen molar-refractivity contribution in [2.75, 3.05) is 21.3 Å². The standard InChI is InChI=1S/C83H110O36/c1-13-22-80(101)77(117-45-19-16-43(31(5)108-45)114-47-21-24-79(100,34(8)84)35(9)112-47)67(96)70(115-48-27-40(86)59(88)32(6)110-48)38-26-36-25-37-51(61(90)50(36)75(98)82(38,80)102)62(91)55(73(106-12)69(37)104-10)54-63(92)52-53(66(95)72(54)105-11)64(93)56-57(65(52)94)76(99)83(103)58-71(56)119-81(83,23-14-2)78(68(97)74(58)116-49-28-41(87)60(89)33(7)111-49)118-46-20-17-42(30(4)109-46)113-44-18-15-39(85)29(3)107-44/h25,29-33,35,38-49,58-60,67-68,70-71,74,77-78,85-91,93-94,96-97,100-103H,13-24,26-28H2,1-12H3/t29-,30-,31-,32+,33+,35-,38-,39-,40-,41-,42+,43+,44-,45+,46+,47-,48+,49-,58+,59+,60+,67+,68-,70-,71-,74+,77-,78-,79+,80-,81-,82+,83+/m1/s1. The maximum Gasteiger partial charge on any atom is 0.232 e. The number of phenols is 4. The lowest BCUT2D eigenvalue weighted by Crippen LogP contribution is -2.80. The molecule has 36 heteroatoms. The number of fused-ring (bicyclic) bond motifs is 6. The predicted molar refractivity (Wildman–Crippen MR) is 402 cm³/mol. The number of rotatable bonds is 21. The molecule has 0 aromatic heterocycles. The Bertz CT molecular complexity index is 4470. The summed E-state index contributed by atoms with van der Waals surface area (Å²) in [5.41, 5.74) is -19.7. The van der Waals surface area contributed by atoms with Crippen molar-refractivity contribution in [3.63, 3.8) is 0 Å². The normalized spacial score (nSPS) is 43.4. The van der Waals surface area contributed by atoms with Crippen molar-refractivity contribution >= 4 is 45.3 Å². The lowest BCUT2D eigenvalue weighted by Gasteiger charge is -2.60. The molecule has 7 heterocycles. The molecule has 15 N–H and O–H groups in total. The van der Waals surface area contributed by atoms with Gasteiger partial charge in [-0.25, -0.2) is 0 Å². The zero-order valence-electron chi connectivity index (χ0n) is 68.1. The number of carbonyl (C=O) groups is 5. The van der Waals surface area contributed by atoms with Crippen LogP contribution in [0, 0.1) is 11.8 Å². The molecule has 33 atom stereocenters. The Balaban J connectivity index is 0.806. The molecule has 3 aromatic rings. The van der Waals surface area contributed by atoms with Crippen LogP contribution in [0.2, 0.25) is 0 Å². The van der Waals surface area contributed by atoms with Crippen molar-refractivity contribution in [2.24, 2.45) is 11.8 Å². The van der Waals surface area contributed by atoms with Crippen LogP contribution in [0.4, 0.5) is 0 Å². The molecule has 119 heavy (non-hydrogen) atoms. The lowest BCUT2D eigenvalue weighted by atomic mass is 9.53. The number of ether oxygens (including phenoxy) is 16. The number of phenolic OH excluding ortho intramolecular Hbond substituents is 4. The SMILES string of the molecule is CCC[C@@]1(O)[C@H](O[C@H]2CC[C@H](O[C@@H]3CC[C@](O)(C(C)=O)[C@@H](C)O3)[C@@H](C)O2)[C@@H](O)[C@H](O[C@H]2C[C@@H](O)[C@@H](O)[C@H](C)O2)[C@H]2Cc3cc4c(OC)c(OC)c(C5=C(OC)C(=O)c6c(O)c7c(c(O)c6C5=O)C(=O)[C@@]5(O)[C@@H]6[C@H](O[C@@H]8C[C@@H](O)[C@@H](O)[C@H](C)O8)[C@@H](O)[C@@H](O[C@H]8CC[C@H](O[C@@H]9CC[C@@H](O)[C@@H](C)O9)[C@@H](C)O8)[C@@]5(CCC)O[C@H]76)c(O)c4c(O)c3C(=O)[C@@]21O. The van der Waals surface area contributed by atoms with Gasteiger partial charge >= 0.3 is 0 Å². The summed E-state index contributed by atoms with van der Waals surface area (Å²) in [5.74, 6) is -16.7. The fourth-order valence-corrected chi connectivity index (χ4v) is 21.2. The smallest absolute Gasteiger partial charge is 0.232 e. The van der Waals surface area contributed by atoms with Crippen molar-refractivity contribution in [1.29, 1.82) is 0 Å². The van der Waals surface area contributed by atoms with E-state index in [1.165, 1.54) is 26.8 Å². The Hall–Kier alpha value is -6.35. The van der Waals surface area contributed by atoms with Gasteiger partial charge in [-0.2, -0.15) is 0 Å². The number of hydrogen-bond donors (Lipinski definition) is 15. The lowest BCUT2D eigenvalue weighted by molar-refractivity contribution is -0.358. The molecule has 0 radical (unpaired) electrons. The van der Waals surface area contributed by atoms with E-state index in [2.05, 4.69) is 0 Å². The zero-order chi connectivity index (χ0) is 86.0. The number of allylic oxidation sites excluding steroid dienone is 2. The molecule has 12 aliphatic rings. The van der Waals surface area contributed by atoms with Crippen LogP contribution in [-0.2, 0) is 77.5 Å². The molecule has 658 valence electrons. The first-order valence-corrected chi connectivity index (χ1v) is 41.2. The van der Waals surface area contributed by atoms with E-state index >= 15 is 19.2 Å². The van der Waals surface area contributed by atoms with Crippen LogP contribution < -0.4 is 9.47 Å². The van der Waals surface area contributed by atoms with Gasteiger partial charge in [0.1, 0.15) is 76.4 Å². The number of Topliss-reactive ketones (excluding diaryl/α,β-unsaturated/α-hetero) is 5. The predicted octanol–water partition coefficient (Wildman–Crippen LogP) is 2.44. The molecule has 5 aliphatic carbocycles. The molecular formula is C83H110O36. The third kappa shape index (κ3) is 13.5. The highest BCUT2D eigenvalue weighted by molar-refractivity contribution is 6.43. The second-order valence-corrected chi connectivity index (χ2v) is 34.3. The van der Waals surface area contributed by atoms with Gasteiger partial charge in [0.2, 0.25) is 23.1 Å². The second-order valence-electron chi connectivity index (χ2n) is 34.3. The number of hydrogen-bond acceptors (Lipinski definition) is 36. The van der Waals surface area contributed by atoms with Gasteiger partial charge in [-0.3, -0.25) is 24.0 Å². The van der Waals surface area contributed by atoms with Crippen molar-refractivity contribution in [1.82, 2.24) is 0 Å². The number of aliphatic hydroxyl groups is 11. The first-order valence-electron chi connectivity index (χ1n) is 41.2. The minimum atomic E-state index is -3.20. The van der Waals surface area contributed by atoms with Crippen LogP contribution >= 0.6 is 0 Å². The summed E-state index contributed by atoms with van der Waals surface area (Å²) in [6, 6.07) is 1.25. The highest BCUT2D eigenvalue weighted by atomic mass is 16.8. The molecule has 7 aliphatic heterocycles. The maximum absolute atomic E-state index is 16.4. The van der Waals surface area contributed by atoms with Gasteiger partial charge in [0, 0.05) is 55.4 Å². The highest BCUT2D eigenvalue weighted by Crippen LogP contribution is 2.69. The van der Waals surface area contributed by atoms with Crippen molar-refractivity contribution in [3.8, 4) is 34.5 Å². The van der Waals surface area contributed by atoms with Gasteiger partial charge in [0.05, 0.1) is 151 Å². The number of aromatic hydroxyl groups is 4. The monoisotopic (exact) mass is 1680 g/mol. The number of benzene rings is 3. The van der Waals surface area contributed by atoms with E-state index in [9.17, 15) is 81.4 Å². The van der Waals surface area contributed by atoms with Crippen molar-refractivity contribution < 1.29 is 176 Å². The van der Waals surface area contributed by atoms with Gasteiger partial charge in [-0.05, 0) is 105 Å². The molecule has 36 nitrogen and oxygen atoms in total. The molecule has 15 rings (SSSR count). The molecule has 9 fully saturated rings. The quantitative estimate of drug-likeness (QED) is 0.0681. The minimum Gasteiger partial charge on any atom is -0.507 e. The Morgan fingerprint density at radius 2 is 1.01 bits per heavy atom. The van der Waals surface area contributed by atoms with E-state index in [0.717, 1.165) is 21.3 Å². The van der Waals surface area contributed by atoms with E-state index in [0.29, 0.717) is 12.8 Å².